The molecule has 0 radical (unpaired) electrons. The second-order valence-electron chi connectivity index (χ2n) is 1.77. The lowest BCUT2D eigenvalue weighted by molar-refractivity contribution is 0.282. The molecule has 0 amide bonds. The predicted octanol–water partition coefficient (Wildman–Crippen LogP) is 0.272. The van der Waals surface area contributed by atoms with Crippen LogP contribution in [0, 0.1) is 0 Å². The zero-order valence-electron chi connectivity index (χ0n) is 5.01. The van der Waals surface area contributed by atoms with E-state index in [0.29, 0.717) is 0 Å². The molecule has 0 aromatic heterocycles. The fourth-order valence-electron chi connectivity index (χ4n) is 0.445. The van der Waals surface area contributed by atoms with Crippen LogP contribution in [0.4, 0.5) is 0 Å². The Labute approximate surface area is 50.0 Å². The normalized spacial score (nSPS) is 13.2. The molecule has 0 aliphatic rings. The van der Waals surface area contributed by atoms with Gasteiger partial charge < -0.3 is 10.8 Å². The Balaban J connectivity index is 2.98. The number of hydrogen-bond acceptors (Lipinski definition) is 2. The van der Waals surface area contributed by atoms with Crippen molar-refractivity contribution in [3.63, 3.8) is 0 Å². The van der Waals surface area contributed by atoms with Crippen LogP contribution in [0.25, 0.3) is 0 Å². The van der Waals surface area contributed by atoms with Gasteiger partial charge in [-0.15, -0.1) is 6.58 Å². The van der Waals surface area contributed by atoms with Gasteiger partial charge in [-0.1, -0.05) is 6.08 Å². The Morgan fingerprint density at radius 1 is 1.75 bits per heavy atom. The first-order valence-corrected chi connectivity index (χ1v) is 2.80. The summed E-state index contributed by atoms with van der Waals surface area (Å²) in [5.74, 6) is 0. The van der Waals surface area contributed by atoms with E-state index >= 15 is 0 Å². The van der Waals surface area contributed by atoms with Gasteiger partial charge in [-0.25, -0.2) is 0 Å². The highest BCUT2D eigenvalue weighted by Gasteiger charge is 1.92. The molecule has 48 valence electrons. The van der Waals surface area contributed by atoms with Gasteiger partial charge >= 0.3 is 0 Å². The maximum Gasteiger partial charge on any atom is 0.0431 e. The van der Waals surface area contributed by atoms with Crippen molar-refractivity contribution in [1.82, 2.24) is 0 Å². The molecule has 0 saturated heterocycles. The molecule has 0 fully saturated rings. The fourth-order valence-corrected chi connectivity index (χ4v) is 0.445. The van der Waals surface area contributed by atoms with Gasteiger partial charge in [0.15, 0.2) is 0 Å². The van der Waals surface area contributed by atoms with Crippen molar-refractivity contribution >= 4 is 0 Å². The van der Waals surface area contributed by atoms with Crippen LogP contribution in [-0.2, 0) is 0 Å². The Kier molecular flexibility index (Phi) is 4.61. The maximum atomic E-state index is 8.32. The fraction of sp³-hybridized carbons (Fsp3) is 0.667. The Morgan fingerprint density at radius 2 is 2.38 bits per heavy atom. The molecule has 0 aliphatic carbocycles. The highest BCUT2D eigenvalue weighted by Crippen LogP contribution is 1.92. The summed E-state index contributed by atoms with van der Waals surface area (Å²) in [4.78, 5) is 0. The Morgan fingerprint density at radius 3 is 2.75 bits per heavy atom. The zero-order valence-corrected chi connectivity index (χ0v) is 5.01. The highest BCUT2D eigenvalue weighted by molar-refractivity contribution is 4.81. The number of aliphatic hydroxyl groups excluding tert-OH is 1. The van der Waals surface area contributed by atoms with E-state index in [4.69, 9.17) is 10.8 Å². The van der Waals surface area contributed by atoms with Crippen LogP contribution in [-0.4, -0.2) is 17.8 Å². The monoisotopic (exact) mass is 115 g/mol. The molecule has 0 saturated carbocycles. The summed E-state index contributed by atoms with van der Waals surface area (Å²) < 4.78 is 0. The van der Waals surface area contributed by atoms with Crippen molar-refractivity contribution in [2.24, 2.45) is 5.73 Å². The minimum atomic E-state index is 0.0575. The summed E-state index contributed by atoms with van der Waals surface area (Å²) in [6.07, 6.45) is 3.29. The molecule has 8 heavy (non-hydrogen) atoms. The molecule has 0 spiro atoms. The van der Waals surface area contributed by atoms with Crippen LogP contribution in [0.15, 0.2) is 12.7 Å². The third-order valence-corrected chi connectivity index (χ3v) is 0.998. The smallest absolute Gasteiger partial charge is 0.0431 e. The molecule has 0 aromatic carbocycles. The lowest BCUT2D eigenvalue weighted by atomic mass is 10.2. The summed E-state index contributed by atoms with van der Waals surface area (Å²) in [6.45, 7) is 3.73. The molecular weight excluding hydrogens is 102 g/mol. The molecule has 1 unspecified atom stereocenters. The van der Waals surface area contributed by atoms with Gasteiger partial charge in [0.1, 0.15) is 0 Å². The quantitative estimate of drug-likeness (QED) is 0.517. The van der Waals surface area contributed by atoms with Crippen molar-refractivity contribution in [2.75, 3.05) is 6.61 Å². The lowest BCUT2D eigenvalue weighted by Crippen LogP contribution is -2.16. The molecule has 0 bridgehead atoms. The highest BCUT2D eigenvalue weighted by atomic mass is 16.2. The lowest BCUT2D eigenvalue weighted by Gasteiger charge is -2.01. The standard InChI is InChI=1S/C6H13NO/c1-2-6(7)4-3-5-8/h2,6,8H,1,3-5,7H2. The molecule has 0 aromatic rings. The molecule has 0 aliphatic heterocycles. The molecule has 1 atom stereocenters. The van der Waals surface area contributed by atoms with Gasteiger partial charge in [-0.3, -0.25) is 0 Å². The summed E-state index contributed by atoms with van der Waals surface area (Å²) in [6, 6.07) is 0.0575. The third kappa shape index (κ3) is 3.84. The second-order valence-corrected chi connectivity index (χ2v) is 1.77. The zero-order chi connectivity index (χ0) is 6.41. The van der Waals surface area contributed by atoms with Gasteiger partial charge in [0, 0.05) is 12.6 Å². The van der Waals surface area contributed by atoms with Gasteiger partial charge in [-0.05, 0) is 12.8 Å². The van der Waals surface area contributed by atoms with Crippen molar-refractivity contribution in [3.05, 3.63) is 12.7 Å². The van der Waals surface area contributed by atoms with E-state index < -0.39 is 0 Å². The van der Waals surface area contributed by atoms with Crippen molar-refractivity contribution in [3.8, 4) is 0 Å². The Bertz CT molecular complexity index is 63.5. The van der Waals surface area contributed by atoms with Crippen LogP contribution >= 0.6 is 0 Å². The summed E-state index contributed by atoms with van der Waals surface area (Å²) in [5, 5.41) is 8.32. The maximum absolute atomic E-state index is 8.32. The number of nitrogens with two attached hydrogens (primary N) is 1. The summed E-state index contributed by atoms with van der Waals surface area (Å²) in [5.41, 5.74) is 5.43. The first kappa shape index (κ1) is 7.66. The van der Waals surface area contributed by atoms with Gasteiger partial charge in [0.05, 0.1) is 0 Å². The minimum Gasteiger partial charge on any atom is -0.396 e. The summed E-state index contributed by atoms with van der Waals surface area (Å²) in [7, 11) is 0. The number of hydrogen-bond donors (Lipinski definition) is 2. The van der Waals surface area contributed by atoms with Crippen LogP contribution in [0.1, 0.15) is 12.8 Å². The van der Waals surface area contributed by atoms with Crippen LogP contribution in [0.3, 0.4) is 0 Å². The molecule has 2 heteroatoms. The van der Waals surface area contributed by atoms with Crippen LogP contribution in [0.2, 0.25) is 0 Å². The molecule has 2 nitrogen and oxygen atoms in total. The molecule has 0 heterocycles. The van der Waals surface area contributed by atoms with Gasteiger partial charge in [0.25, 0.3) is 0 Å². The topological polar surface area (TPSA) is 46.2 Å². The van der Waals surface area contributed by atoms with Crippen LogP contribution in [0.5, 0.6) is 0 Å². The van der Waals surface area contributed by atoms with E-state index in [1.165, 1.54) is 0 Å². The molecule has 0 rings (SSSR count). The van der Waals surface area contributed by atoms with Crippen molar-refractivity contribution < 1.29 is 5.11 Å². The van der Waals surface area contributed by atoms with Crippen molar-refractivity contribution in [2.45, 2.75) is 18.9 Å². The van der Waals surface area contributed by atoms with E-state index in [1.807, 2.05) is 0 Å². The van der Waals surface area contributed by atoms with Gasteiger partial charge in [-0.2, -0.15) is 0 Å². The largest absolute Gasteiger partial charge is 0.396 e. The predicted molar refractivity (Wildman–Crippen MR) is 34.5 cm³/mol. The van der Waals surface area contributed by atoms with Gasteiger partial charge in [0.2, 0.25) is 0 Å². The SMILES string of the molecule is C=CC(N)CCCO. The number of aliphatic hydroxyl groups is 1. The second kappa shape index (κ2) is 4.81. The van der Waals surface area contributed by atoms with Crippen molar-refractivity contribution in [1.29, 1.82) is 0 Å². The molecule has 3 N–H and O–H groups in total. The van der Waals surface area contributed by atoms with E-state index in [1.54, 1.807) is 6.08 Å². The van der Waals surface area contributed by atoms with E-state index in [2.05, 4.69) is 6.58 Å². The first-order chi connectivity index (χ1) is 3.81. The van der Waals surface area contributed by atoms with E-state index in [9.17, 15) is 0 Å². The third-order valence-electron chi connectivity index (χ3n) is 0.998. The first-order valence-electron chi connectivity index (χ1n) is 2.80. The minimum absolute atomic E-state index is 0.0575. The summed E-state index contributed by atoms with van der Waals surface area (Å²) >= 11 is 0. The van der Waals surface area contributed by atoms with E-state index in [-0.39, 0.29) is 12.6 Å². The van der Waals surface area contributed by atoms with Crippen LogP contribution < -0.4 is 5.73 Å². The molecular formula is C6H13NO. The average molecular weight is 115 g/mol. The number of rotatable bonds is 4. The average Bonchev–Trinajstić information content (AvgIpc) is 1.83. The van der Waals surface area contributed by atoms with E-state index in [0.717, 1.165) is 12.8 Å². The Hall–Kier alpha value is -0.340.